The summed E-state index contributed by atoms with van der Waals surface area (Å²) in [5.41, 5.74) is 1.13. The molecule has 1 fully saturated rings. The van der Waals surface area contributed by atoms with E-state index in [1.807, 2.05) is 11.8 Å². The minimum absolute atomic E-state index is 0.141. The van der Waals surface area contributed by atoms with Gasteiger partial charge >= 0.3 is 0 Å². The number of aromatic nitrogens is 2. The fourth-order valence-electron chi connectivity index (χ4n) is 3.04. The van der Waals surface area contributed by atoms with Crippen LogP contribution in [0.15, 0.2) is 12.4 Å². The predicted molar refractivity (Wildman–Crippen MR) is 102 cm³/mol. The highest BCUT2D eigenvalue weighted by molar-refractivity contribution is 5.92. The molecule has 6 heteroatoms. The summed E-state index contributed by atoms with van der Waals surface area (Å²) >= 11 is 0. The molecule has 1 aromatic heterocycles. The summed E-state index contributed by atoms with van der Waals surface area (Å²) < 4.78 is 0. The maximum Gasteiger partial charge on any atom is 0.274 e. The topological polar surface area (TPSA) is 66.4 Å². The van der Waals surface area contributed by atoms with Crippen LogP contribution < -0.4 is 0 Å². The van der Waals surface area contributed by atoms with Gasteiger partial charge in [-0.3, -0.25) is 14.6 Å². The Hall–Kier alpha value is -1.98. The average Bonchev–Trinajstić information content (AvgIpc) is 2.62. The van der Waals surface area contributed by atoms with Crippen LogP contribution in [0.2, 0.25) is 0 Å². The zero-order valence-corrected chi connectivity index (χ0v) is 16.6. The van der Waals surface area contributed by atoms with E-state index >= 15 is 0 Å². The number of rotatable bonds is 7. The first-order valence-corrected chi connectivity index (χ1v) is 9.72. The molecule has 2 rings (SSSR count). The van der Waals surface area contributed by atoms with Crippen LogP contribution in [0.25, 0.3) is 0 Å². The molecule has 0 saturated carbocycles. The van der Waals surface area contributed by atoms with Gasteiger partial charge < -0.3 is 9.80 Å². The zero-order valence-electron chi connectivity index (χ0n) is 16.6. The van der Waals surface area contributed by atoms with E-state index in [2.05, 4.69) is 30.7 Å². The highest BCUT2D eigenvalue weighted by Gasteiger charge is 2.23. The lowest BCUT2D eigenvalue weighted by Crippen LogP contribution is -2.41. The smallest absolute Gasteiger partial charge is 0.274 e. The van der Waals surface area contributed by atoms with Crippen LogP contribution in [-0.2, 0) is 4.79 Å². The molecule has 1 aliphatic heterocycles. The first kappa shape index (κ1) is 20.3. The molecule has 1 aromatic rings. The van der Waals surface area contributed by atoms with Gasteiger partial charge in [-0.25, -0.2) is 4.98 Å². The van der Waals surface area contributed by atoms with Crippen molar-refractivity contribution in [1.29, 1.82) is 0 Å². The molecule has 0 N–H and O–H groups in total. The van der Waals surface area contributed by atoms with E-state index in [1.165, 1.54) is 6.20 Å². The summed E-state index contributed by atoms with van der Waals surface area (Å²) in [6.45, 7) is 11.1. The highest BCUT2D eigenvalue weighted by atomic mass is 16.2. The van der Waals surface area contributed by atoms with Gasteiger partial charge in [-0.1, -0.05) is 20.8 Å². The molecule has 0 atom stereocenters. The van der Waals surface area contributed by atoms with E-state index in [4.69, 9.17) is 0 Å². The standard InChI is InChI=1S/C20H32N4O2/c1-15(2)5-9-24(20(26)18-14-21-17(4)13-22-18)12-8-19(25)23-10-6-16(3)7-11-23/h13-16H,5-12H2,1-4H3. The van der Waals surface area contributed by atoms with Gasteiger partial charge in [0.25, 0.3) is 5.91 Å². The second kappa shape index (κ2) is 9.64. The van der Waals surface area contributed by atoms with E-state index in [1.54, 1.807) is 11.1 Å². The van der Waals surface area contributed by atoms with Crippen LogP contribution in [0.3, 0.4) is 0 Å². The molecule has 0 spiro atoms. The number of carbonyl (C=O) groups excluding carboxylic acids is 2. The summed E-state index contributed by atoms with van der Waals surface area (Å²) in [4.78, 5) is 37.4. The number of likely N-dealkylation sites (tertiary alicyclic amines) is 1. The fraction of sp³-hybridized carbons (Fsp3) is 0.700. The number of carbonyl (C=O) groups is 2. The van der Waals surface area contributed by atoms with Gasteiger partial charge in [-0.05, 0) is 38.0 Å². The van der Waals surface area contributed by atoms with Crippen molar-refractivity contribution in [3.63, 3.8) is 0 Å². The summed E-state index contributed by atoms with van der Waals surface area (Å²) in [5, 5.41) is 0. The normalized spacial score (nSPS) is 15.3. The SMILES string of the molecule is Cc1cnc(C(=O)N(CCC(=O)N2CCC(C)CC2)CCC(C)C)cn1. The minimum Gasteiger partial charge on any atom is -0.343 e. The lowest BCUT2D eigenvalue weighted by molar-refractivity contribution is -0.132. The molecule has 2 heterocycles. The Balaban J connectivity index is 1.96. The Morgan fingerprint density at radius 2 is 1.88 bits per heavy atom. The third kappa shape index (κ3) is 6.07. The van der Waals surface area contributed by atoms with Crippen LogP contribution in [0.1, 0.15) is 62.6 Å². The lowest BCUT2D eigenvalue weighted by atomic mass is 9.99. The van der Waals surface area contributed by atoms with Crippen molar-refractivity contribution < 1.29 is 9.59 Å². The predicted octanol–water partition coefficient (Wildman–Crippen LogP) is 2.92. The lowest BCUT2D eigenvalue weighted by Gasteiger charge is -2.31. The summed E-state index contributed by atoms with van der Waals surface area (Å²) in [5.74, 6) is 1.20. The Labute approximate surface area is 157 Å². The maximum atomic E-state index is 12.8. The minimum atomic E-state index is -0.141. The van der Waals surface area contributed by atoms with Crippen molar-refractivity contribution in [2.75, 3.05) is 26.2 Å². The molecule has 2 amide bonds. The van der Waals surface area contributed by atoms with Gasteiger partial charge in [-0.2, -0.15) is 0 Å². The van der Waals surface area contributed by atoms with Crippen molar-refractivity contribution in [3.8, 4) is 0 Å². The summed E-state index contributed by atoms with van der Waals surface area (Å²) in [7, 11) is 0. The highest BCUT2D eigenvalue weighted by Crippen LogP contribution is 2.17. The number of nitrogens with zero attached hydrogens (tertiary/aromatic N) is 4. The van der Waals surface area contributed by atoms with Crippen LogP contribution in [-0.4, -0.2) is 57.8 Å². The Morgan fingerprint density at radius 1 is 1.19 bits per heavy atom. The average molecular weight is 361 g/mol. The van der Waals surface area contributed by atoms with Crippen molar-refractivity contribution in [3.05, 3.63) is 23.8 Å². The Kier molecular flexibility index (Phi) is 7.54. The van der Waals surface area contributed by atoms with Crippen molar-refractivity contribution in [2.45, 2.75) is 53.4 Å². The Morgan fingerprint density at radius 3 is 2.46 bits per heavy atom. The molecule has 1 aliphatic rings. The van der Waals surface area contributed by atoms with Crippen molar-refractivity contribution in [1.82, 2.24) is 19.8 Å². The maximum absolute atomic E-state index is 12.8. The van der Waals surface area contributed by atoms with E-state index in [0.29, 0.717) is 37.0 Å². The van der Waals surface area contributed by atoms with E-state index < -0.39 is 0 Å². The van der Waals surface area contributed by atoms with Gasteiger partial charge in [0.1, 0.15) is 5.69 Å². The van der Waals surface area contributed by atoms with Crippen LogP contribution in [0, 0.1) is 18.8 Å². The molecular weight excluding hydrogens is 328 g/mol. The number of hydrogen-bond acceptors (Lipinski definition) is 4. The first-order chi connectivity index (χ1) is 12.4. The molecular formula is C20H32N4O2. The number of aryl methyl sites for hydroxylation is 1. The van der Waals surface area contributed by atoms with Crippen LogP contribution >= 0.6 is 0 Å². The molecule has 0 bridgehead atoms. The molecule has 0 unspecified atom stereocenters. The van der Waals surface area contributed by atoms with E-state index in [-0.39, 0.29) is 11.8 Å². The monoisotopic (exact) mass is 360 g/mol. The molecule has 0 radical (unpaired) electrons. The van der Waals surface area contributed by atoms with Crippen LogP contribution in [0.5, 0.6) is 0 Å². The first-order valence-electron chi connectivity index (χ1n) is 9.72. The Bertz CT molecular complexity index is 592. The molecule has 144 valence electrons. The van der Waals surface area contributed by atoms with Gasteiger partial charge in [0.05, 0.1) is 11.9 Å². The molecule has 6 nitrogen and oxygen atoms in total. The van der Waals surface area contributed by atoms with Crippen LogP contribution in [0.4, 0.5) is 0 Å². The van der Waals surface area contributed by atoms with Crippen molar-refractivity contribution >= 4 is 11.8 Å². The number of amides is 2. The van der Waals surface area contributed by atoms with Gasteiger partial charge in [0.2, 0.25) is 5.91 Å². The summed E-state index contributed by atoms with van der Waals surface area (Å²) in [6, 6.07) is 0. The van der Waals surface area contributed by atoms with E-state index in [0.717, 1.165) is 38.0 Å². The summed E-state index contributed by atoms with van der Waals surface area (Å²) in [6.07, 6.45) is 6.54. The van der Waals surface area contributed by atoms with Gasteiger partial charge in [0.15, 0.2) is 0 Å². The third-order valence-electron chi connectivity index (χ3n) is 5.00. The van der Waals surface area contributed by atoms with Crippen molar-refractivity contribution in [2.24, 2.45) is 11.8 Å². The number of hydrogen-bond donors (Lipinski definition) is 0. The third-order valence-corrected chi connectivity index (χ3v) is 5.00. The zero-order chi connectivity index (χ0) is 19.1. The van der Waals surface area contributed by atoms with Gasteiger partial charge in [0, 0.05) is 38.8 Å². The molecule has 26 heavy (non-hydrogen) atoms. The molecule has 0 aromatic carbocycles. The number of piperidine rings is 1. The second-order valence-electron chi connectivity index (χ2n) is 7.83. The van der Waals surface area contributed by atoms with Gasteiger partial charge in [-0.15, -0.1) is 0 Å². The second-order valence-corrected chi connectivity index (χ2v) is 7.83. The quantitative estimate of drug-likeness (QED) is 0.750. The molecule has 1 saturated heterocycles. The largest absolute Gasteiger partial charge is 0.343 e. The van der Waals surface area contributed by atoms with E-state index in [9.17, 15) is 9.59 Å². The molecule has 0 aliphatic carbocycles. The fourth-order valence-corrected chi connectivity index (χ4v) is 3.04.